The van der Waals surface area contributed by atoms with Crippen LogP contribution >= 0.6 is 11.6 Å². The fourth-order valence-corrected chi connectivity index (χ4v) is 5.26. The summed E-state index contributed by atoms with van der Waals surface area (Å²) in [6.45, 7) is 0.774. The Morgan fingerprint density at radius 3 is 2.52 bits per heavy atom. The fraction of sp³-hybridized carbons (Fsp3) is 0.350. The Balaban J connectivity index is 1.67. The molecule has 3 rings (SSSR count). The lowest BCUT2D eigenvalue weighted by atomic mass is 10.0. The molecule has 1 amide bonds. The van der Waals surface area contributed by atoms with E-state index < -0.39 is 10.0 Å². The fourth-order valence-electron chi connectivity index (χ4n) is 3.34. The van der Waals surface area contributed by atoms with E-state index in [1.54, 1.807) is 36.4 Å². The van der Waals surface area contributed by atoms with E-state index in [0.29, 0.717) is 24.5 Å². The maximum Gasteiger partial charge on any atom is 0.243 e. The maximum atomic E-state index is 13.0. The van der Waals surface area contributed by atoms with Crippen molar-refractivity contribution in [2.75, 3.05) is 6.54 Å². The molecule has 1 aliphatic heterocycles. The lowest BCUT2D eigenvalue weighted by Gasteiger charge is -2.34. The van der Waals surface area contributed by atoms with Crippen LogP contribution < -0.4 is 5.32 Å². The third-order valence-electron chi connectivity index (χ3n) is 4.78. The van der Waals surface area contributed by atoms with Gasteiger partial charge in [0.1, 0.15) is 0 Å². The molecule has 1 heterocycles. The SMILES string of the molecule is O=C(CC1CCCCN1S(=O)(=O)c1ccccc1)NCc1ccccc1Cl. The second-order valence-electron chi connectivity index (χ2n) is 6.65. The number of hydrogen-bond donors (Lipinski definition) is 1. The van der Waals surface area contributed by atoms with Crippen molar-refractivity contribution in [3.63, 3.8) is 0 Å². The van der Waals surface area contributed by atoms with Gasteiger partial charge < -0.3 is 5.32 Å². The molecule has 0 bridgehead atoms. The molecule has 0 spiro atoms. The predicted octanol–water partition coefficient (Wildman–Crippen LogP) is 3.59. The van der Waals surface area contributed by atoms with E-state index in [2.05, 4.69) is 5.32 Å². The first kappa shape index (κ1) is 19.9. The highest BCUT2D eigenvalue weighted by Gasteiger charge is 2.34. The van der Waals surface area contributed by atoms with Crippen molar-refractivity contribution in [2.45, 2.75) is 43.2 Å². The summed E-state index contributed by atoms with van der Waals surface area (Å²) in [5.41, 5.74) is 0.838. The second-order valence-corrected chi connectivity index (χ2v) is 8.95. The number of nitrogens with one attached hydrogen (secondary N) is 1. The number of amides is 1. The summed E-state index contributed by atoms with van der Waals surface area (Å²) in [6.07, 6.45) is 2.56. The zero-order valence-corrected chi connectivity index (χ0v) is 16.5. The number of nitrogens with zero attached hydrogens (tertiary/aromatic N) is 1. The number of carbonyl (C=O) groups is 1. The molecule has 27 heavy (non-hydrogen) atoms. The quantitative estimate of drug-likeness (QED) is 0.797. The summed E-state index contributed by atoms with van der Waals surface area (Å²) >= 11 is 6.11. The van der Waals surface area contributed by atoms with Crippen molar-refractivity contribution in [1.29, 1.82) is 0 Å². The highest BCUT2D eigenvalue weighted by Crippen LogP contribution is 2.27. The highest BCUT2D eigenvalue weighted by atomic mass is 35.5. The average Bonchev–Trinajstić information content (AvgIpc) is 2.68. The molecule has 0 aromatic heterocycles. The number of rotatable bonds is 6. The van der Waals surface area contributed by atoms with Gasteiger partial charge in [0.2, 0.25) is 15.9 Å². The average molecular weight is 407 g/mol. The Hall–Kier alpha value is -1.89. The normalized spacial score (nSPS) is 18.2. The molecule has 1 fully saturated rings. The van der Waals surface area contributed by atoms with Crippen molar-refractivity contribution in [3.05, 3.63) is 65.2 Å². The standard InChI is InChI=1S/C20H23ClN2O3S/c21-19-12-5-4-8-16(19)15-22-20(24)14-17-9-6-7-13-23(17)27(25,26)18-10-2-1-3-11-18/h1-5,8,10-12,17H,6-7,9,13-15H2,(H,22,24). The highest BCUT2D eigenvalue weighted by molar-refractivity contribution is 7.89. The van der Waals surface area contributed by atoms with Gasteiger partial charge in [-0.25, -0.2) is 8.42 Å². The van der Waals surface area contributed by atoms with Gasteiger partial charge in [-0.2, -0.15) is 4.31 Å². The molecule has 1 N–H and O–H groups in total. The van der Waals surface area contributed by atoms with Crippen LogP contribution in [0.15, 0.2) is 59.5 Å². The Labute approximate surface area is 165 Å². The molecule has 5 nitrogen and oxygen atoms in total. The van der Waals surface area contributed by atoms with Crippen LogP contribution in [0.25, 0.3) is 0 Å². The van der Waals surface area contributed by atoms with Crippen LogP contribution in [0.5, 0.6) is 0 Å². The van der Waals surface area contributed by atoms with E-state index in [1.807, 2.05) is 18.2 Å². The van der Waals surface area contributed by atoms with Crippen molar-refractivity contribution < 1.29 is 13.2 Å². The Morgan fingerprint density at radius 1 is 1.07 bits per heavy atom. The van der Waals surface area contributed by atoms with E-state index in [-0.39, 0.29) is 23.3 Å². The van der Waals surface area contributed by atoms with Crippen LogP contribution in [0.3, 0.4) is 0 Å². The number of halogens is 1. The summed E-state index contributed by atoms with van der Waals surface area (Å²) in [6, 6.07) is 15.4. The Bertz CT molecular complexity index is 887. The minimum atomic E-state index is -3.60. The molecule has 7 heteroatoms. The second kappa shape index (κ2) is 8.87. The van der Waals surface area contributed by atoms with Gasteiger partial charge in [0.25, 0.3) is 0 Å². The van der Waals surface area contributed by atoms with Gasteiger partial charge in [-0.15, -0.1) is 0 Å². The zero-order chi connectivity index (χ0) is 19.3. The lowest BCUT2D eigenvalue weighted by molar-refractivity contribution is -0.122. The first-order valence-electron chi connectivity index (χ1n) is 9.05. The van der Waals surface area contributed by atoms with E-state index >= 15 is 0 Å². The van der Waals surface area contributed by atoms with Crippen LogP contribution in [-0.4, -0.2) is 31.2 Å². The number of hydrogen-bond acceptors (Lipinski definition) is 3. The molecule has 1 unspecified atom stereocenters. The van der Waals surface area contributed by atoms with Gasteiger partial charge in [-0.1, -0.05) is 54.4 Å². The van der Waals surface area contributed by atoms with E-state index in [1.165, 1.54) is 4.31 Å². The smallest absolute Gasteiger partial charge is 0.243 e. The van der Waals surface area contributed by atoms with Gasteiger partial charge in [0.15, 0.2) is 0 Å². The third-order valence-corrected chi connectivity index (χ3v) is 7.11. The van der Waals surface area contributed by atoms with Crippen LogP contribution in [0.4, 0.5) is 0 Å². The van der Waals surface area contributed by atoms with Crippen LogP contribution in [0, 0.1) is 0 Å². The summed E-state index contributed by atoms with van der Waals surface area (Å²) in [5.74, 6) is -0.171. The number of sulfonamides is 1. The summed E-state index contributed by atoms with van der Waals surface area (Å²) < 4.78 is 27.4. The first-order valence-corrected chi connectivity index (χ1v) is 10.9. The molecule has 2 aromatic carbocycles. The number of benzene rings is 2. The monoisotopic (exact) mass is 406 g/mol. The summed E-state index contributed by atoms with van der Waals surface area (Å²) in [7, 11) is -3.60. The van der Waals surface area contributed by atoms with Crippen LogP contribution in [-0.2, 0) is 21.4 Å². The Kier molecular flexibility index (Phi) is 6.52. The summed E-state index contributed by atoms with van der Waals surface area (Å²) in [4.78, 5) is 12.7. The predicted molar refractivity (Wildman–Crippen MR) is 106 cm³/mol. The van der Waals surface area contributed by atoms with Crippen molar-refractivity contribution in [3.8, 4) is 0 Å². The van der Waals surface area contributed by atoms with Gasteiger partial charge in [0.05, 0.1) is 4.90 Å². The van der Waals surface area contributed by atoms with Crippen LogP contribution in [0.2, 0.25) is 5.02 Å². The van der Waals surface area contributed by atoms with Gasteiger partial charge >= 0.3 is 0 Å². The topological polar surface area (TPSA) is 66.5 Å². The molecule has 1 saturated heterocycles. The molecule has 1 atom stereocenters. The van der Waals surface area contributed by atoms with Gasteiger partial charge in [-0.3, -0.25) is 4.79 Å². The maximum absolute atomic E-state index is 13.0. The number of piperidine rings is 1. The van der Waals surface area contributed by atoms with Crippen molar-refractivity contribution >= 4 is 27.5 Å². The zero-order valence-electron chi connectivity index (χ0n) is 15.0. The minimum absolute atomic E-state index is 0.149. The molecule has 1 aliphatic rings. The largest absolute Gasteiger partial charge is 0.352 e. The molecular formula is C20H23ClN2O3S. The van der Waals surface area contributed by atoms with E-state index in [9.17, 15) is 13.2 Å². The third kappa shape index (κ3) is 4.89. The van der Waals surface area contributed by atoms with Gasteiger partial charge in [0, 0.05) is 30.6 Å². The molecule has 0 saturated carbocycles. The van der Waals surface area contributed by atoms with Crippen molar-refractivity contribution in [1.82, 2.24) is 9.62 Å². The van der Waals surface area contributed by atoms with Crippen LogP contribution in [0.1, 0.15) is 31.2 Å². The molecule has 0 aliphatic carbocycles. The molecule has 2 aromatic rings. The molecule has 144 valence electrons. The Morgan fingerprint density at radius 2 is 1.78 bits per heavy atom. The number of carbonyl (C=O) groups excluding carboxylic acids is 1. The molecular weight excluding hydrogens is 384 g/mol. The van der Waals surface area contributed by atoms with Gasteiger partial charge in [-0.05, 0) is 36.6 Å². The lowest BCUT2D eigenvalue weighted by Crippen LogP contribution is -2.45. The first-order chi connectivity index (χ1) is 13.0. The van der Waals surface area contributed by atoms with E-state index in [0.717, 1.165) is 18.4 Å². The van der Waals surface area contributed by atoms with E-state index in [4.69, 9.17) is 11.6 Å². The molecule has 0 radical (unpaired) electrons. The summed E-state index contributed by atoms with van der Waals surface area (Å²) in [5, 5.41) is 3.45. The minimum Gasteiger partial charge on any atom is -0.352 e. The van der Waals surface area contributed by atoms with Crippen molar-refractivity contribution in [2.24, 2.45) is 0 Å².